The van der Waals surface area contributed by atoms with Gasteiger partial charge in [0.25, 0.3) is 0 Å². The first-order valence-corrected chi connectivity index (χ1v) is 4.73. The highest BCUT2D eigenvalue weighted by molar-refractivity contribution is 5.70. The predicted molar refractivity (Wildman–Crippen MR) is 60.1 cm³/mol. The predicted octanol–water partition coefficient (Wildman–Crippen LogP) is 3.07. The summed E-state index contributed by atoms with van der Waals surface area (Å²) in [5, 5.41) is 9.80. The van der Waals surface area contributed by atoms with Crippen LogP contribution in [0.3, 0.4) is 0 Å². The summed E-state index contributed by atoms with van der Waals surface area (Å²) in [5.74, 6) is 0.896. The van der Waals surface area contributed by atoms with Crippen molar-refractivity contribution in [2.75, 3.05) is 7.11 Å². The number of hydrogen-bond acceptors (Lipinski definition) is 2. The number of hydrogen-bond donors (Lipinski definition) is 1. The highest BCUT2D eigenvalue weighted by atomic mass is 16.5. The maximum atomic E-state index is 9.80. The van der Waals surface area contributed by atoms with Gasteiger partial charge in [-0.1, -0.05) is 30.3 Å². The van der Waals surface area contributed by atoms with Crippen LogP contribution in [0, 0.1) is 0 Å². The lowest BCUT2D eigenvalue weighted by Crippen LogP contribution is -1.83. The Morgan fingerprint density at radius 3 is 2.33 bits per heavy atom. The van der Waals surface area contributed by atoms with Crippen LogP contribution < -0.4 is 4.74 Å². The summed E-state index contributed by atoms with van der Waals surface area (Å²) in [5.41, 5.74) is 1.81. The first kappa shape index (κ1) is 9.59. The van der Waals surface area contributed by atoms with Crippen LogP contribution in [0.15, 0.2) is 48.5 Å². The monoisotopic (exact) mass is 200 g/mol. The summed E-state index contributed by atoms with van der Waals surface area (Å²) < 4.78 is 5.03. The summed E-state index contributed by atoms with van der Waals surface area (Å²) in [6.45, 7) is 0. The summed E-state index contributed by atoms with van der Waals surface area (Å²) in [6, 6.07) is 15.1. The van der Waals surface area contributed by atoms with Gasteiger partial charge in [-0.05, 0) is 17.7 Å². The number of phenolic OH excluding ortho intramolecular Hbond substituents is 1. The molecule has 0 heterocycles. The Labute approximate surface area is 88.8 Å². The zero-order valence-corrected chi connectivity index (χ0v) is 8.47. The third-order valence-corrected chi connectivity index (χ3v) is 2.29. The van der Waals surface area contributed by atoms with Crippen molar-refractivity contribution in [1.29, 1.82) is 0 Å². The Kier molecular flexibility index (Phi) is 2.59. The summed E-state index contributed by atoms with van der Waals surface area (Å²) >= 11 is 0. The molecule has 15 heavy (non-hydrogen) atoms. The third-order valence-electron chi connectivity index (χ3n) is 2.29. The molecule has 0 aliphatic heterocycles. The second-order valence-corrected chi connectivity index (χ2v) is 3.25. The first-order valence-electron chi connectivity index (χ1n) is 4.73. The van der Waals surface area contributed by atoms with E-state index in [1.807, 2.05) is 42.5 Å². The molecule has 0 aromatic heterocycles. The van der Waals surface area contributed by atoms with E-state index >= 15 is 0 Å². The fourth-order valence-corrected chi connectivity index (χ4v) is 1.50. The van der Waals surface area contributed by atoms with Gasteiger partial charge in [-0.15, -0.1) is 0 Å². The number of aromatic hydroxyl groups is 1. The van der Waals surface area contributed by atoms with Crippen LogP contribution in [0.1, 0.15) is 0 Å². The molecule has 0 aliphatic rings. The van der Waals surface area contributed by atoms with Crippen molar-refractivity contribution in [3.05, 3.63) is 48.5 Å². The zero-order valence-electron chi connectivity index (χ0n) is 8.47. The lowest BCUT2D eigenvalue weighted by molar-refractivity contribution is 0.408. The fraction of sp³-hybridized carbons (Fsp3) is 0.0769. The van der Waals surface area contributed by atoms with Gasteiger partial charge in [-0.2, -0.15) is 0 Å². The van der Waals surface area contributed by atoms with Crippen molar-refractivity contribution in [2.45, 2.75) is 0 Å². The van der Waals surface area contributed by atoms with E-state index in [9.17, 15) is 5.11 Å². The molecule has 0 spiro atoms. The normalized spacial score (nSPS) is 9.93. The maximum Gasteiger partial charge on any atom is 0.127 e. The van der Waals surface area contributed by atoms with Gasteiger partial charge in [0, 0.05) is 11.6 Å². The molecule has 2 aromatic rings. The molecule has 0 bridgehead atoms. The van der Waals surface area contributed by atoms with Crippen molar-refractivity contribution in [3.63, 3.8) is 0 Å². The molecule has 0 amide bonds. The van der Waals surface area contributed by atoms with Crippen molar-refractivity contribution < 1.29 is 9.84 Å². The molecule has 2 nitrogen and oxygen atoms in total. The summed E-state index contributed by atoms with van der Waals surface area (Å²) in [7, 11) is 1.58. The molecule has 2 heteroatoms. The molecule has 0 saturated carbocycles. The van der Waals surface area contributed by atoms with E-state index in [1.54, 1.807) is 13.2 Å². The van der Waals surface area contributed by atoms with Crippen LogP contribution in [0.2, 0.25) is 0 Å². The van der Waals surface area contributed by atoms with Crippen LogP contribution in [-0.2, 0) is 0 Å². The Morgan fingerprint density at radius 2 is 1.73 bits per heavy atom. The quantitative estimate of drug-likeness (QED) is 0.807. The molecule has 0 aliphatic carbocycles. The average molecular weight is 200 g/mol. The molecule has 2 rings (SSSR count). The molecule has 0 saturated heterocycles. The topological polar surface area (TPSA) is 29.5 Å². The first-order chi connectivity index (χ1) is 7.31. The van der Waals surface area contributed by atoms with E-state index in [-0.39, 0.29) is 5.75 Å². The smallest absolute Gasteiger partial charge is 0.127 e. The van der Waals surface area contributed by atoms with E-state index in [4.69, 9.17) is 4.74 Å². The average Bonchev–Trinajstić information content (AvgIpc) is 2.30. The number of rotatable bonds is 2. The molecule has 0 fully saturated rings. The number of phenols is 1. The van der Waals surface area contributed by atoms with Crippen molar-refractivity contribution in [3.8, 4) is 22.6 Å². The van der Waals surface area contributed by atoms with Crippen LogP contribution in [0.4, 0.5) is 0 Å². The molecule has 0 radical (unpaired) electrons. The van der Waals surface area contributed by atoms with E-state index in [0.29, 0.717) is 5.75 Å². The minimum atomic E-state index is 0.237. The van der Waals surface area contributed by atoms with Gasteiger partial charge in [0.2, 0.25) is 0 Å². The van der Waals surface area contributed by atoms with E-state index in [2.05, 4.69) is 0 Å². The Balaban J connectivity index is 2.46. The van der Waals surface area contributed by atoms with Crippen LogP contribution >= 0.6 is 0 Å². The SMILES string of the molecule is COc1ccc(-c2ccccc2)c(O)c1. The summed E-state index contributed by atoms with van der Waals surface area (Å²) in [6.07, 6.45) is 0. The second kappa shape index (κ2) is 4.05. The second-order valence-electron chi connectivity index (χ2n) is 3.25. The number of methoxy groups -OCH3 is 1. The number of benzene rings is 2. The van der Waals surface area contributed by atoms with Crippen molar-refractivity contribution >= 4 is 0 Å². The zero-order chi connectivity index (χ0) is 10.7. The standard InChI is InChI=1S/C13H12O2/c1-15-11-7-8-12(13(14)9-11)10-5-3-2-4-6-10/h2-9,14H,1H3. The lowest BCUT2D eigenvalue weighted by Gasteiger charge is -2.06. The molecular formula is C13H12O2. The minimum Gasteiger partial charge on any atom is -0.507 e. The van der Waals surface area contributed by atoms with E-state index < -0.39 is 0 Å². The van der Waals surface area contributed by atoms with Gasteiger partial charge in [0.15, 0.2) is 0 Å². The lowest BCUT2D eigenvalue weighted by atomic mass is 10.0. The molecule has 2 aromatic carbocycles. The van der Waals surface area contributed by atoms with Gasteiger partial charge in [0.05, 0.1) is 7.11 Å². The van der Waals surface area contributed by atoms with Gasteiger partial charge in [-0.3, -0.25) is 0 Å². The van der Waals surface area contributed by atoms with Gasteiger partial charge >= 0.3 is 0 Å². The Morgan fingerprint density at radius 1 is 1.00 bits per heavy atom. The van der Waals surface area contributed by atoms with Crippen LogP contribution in [-0.4, -0.2) is 12.2 Å². The van der Waals surface area contributed by atoms with Gasteiger partial charge < -0.3 is 9.84 Å². The highest BCUT2D eigenvalue weighted by Crippen LogP contribution is 2.31. The maximum absolute atomic E-state index is 9.80. The molecule has 0 unspecified atom stereocenters. The number of ether oxygens (including phenoxy) is 1. The van der Waals surface area contributed by atoms with Crippen LogP contribution in [0.25, 0.3) is 11.1 Å². The third kappa shape index (κ3) is 1.94. The molecular weight excluding hydrogens is 188 g/mol. The molecule has 0 atom stereocenters. The molecule has 76 valence electrons. The van der Waals surface area contributed by atoms with Crippen molar-refractivity contribution in [2.24, 2.45) is 0 Å². The highest BCUT2D eigenvalue weighted by Gasteiger charge is 2.04. The van der Waals surface area contributed by atoms with Crippen molar-refractivity contribution in [1.82, 2.24) is 0 Å². The van der Waals surface area contributed by atoms with Crippen LogP contribution in [0.5, 0.6) is 11.5 Å². The van der Waals surface area contributed by atoms with E-state index in [0.717, 1.165) is 11.1 Å². The fourth-order valence-electron chi connectivity index (χ4n) is 1.50. The largest absolute Gasteiger partial charge is 0.507 e. The summed E-state index contributed by atoms with van der Waals surface area (Å²) in [4.78, 5) is 0. The Bertz CT molecular complexity index is 449. The minimum absolute atomic E-state index is 0.237. The Hall–Kier alpha value is -1.96. The van der Waals surface area contributed by atoms with E-state index in [1.165, 1.54) is 0 Å². The molecule has 1 N–H and O–H groups in total. The van der Waals surface area contributed by atoms with Gasteiger partial charge in [0.1, 0.15) is 11.5 Å². The van der Waals surface area contributed by atoms with Gasteiger partial charge in [-0.25, -0.2) is 0 Å².